The second kappa shape index (κ2) is 3.58. The van der Waals surface area contributed by atoms with E-state index < -0.39 is 5.60 Å². The molecule has 2 fully saturated rings. The van der Waals surface area contributed by atoms with Crippen molar-refractivity contribution in [1.29, 1.82) is 0 Å². The molecule has 2 heteroatoms. The van der Waals surface area contributed by atoms with Crippen molar-refractivity contribution in [3.05, 3.63) is 11.6 Å². The summed E-state index contributed by atoms with van der Waals surface area (Å²) in [5.74, 6) is 1.10. The summed E-state index contributed by atoms with van der Waals surface area (Å²) in [6.07, 6.45) is 7.36. The van der Waals surface area contributed by atoms with Crippen LogP contribution in [0.5, 0.6) is 0 Å². The van der Waals surface area contributed by atoms with Crippen LogP contribution in [0.2, 0.25) is 0 Å². The molecule has 0 aromatic heterocycles. The van der Waals surface area contributed by atoms with Crippen LogP contribution in [-0.2, 0) is 4.74 Å². The van der Waals surface area contributed by atoms with Gasteiger partial charge in [-0.15, -0.1) is 0 Å². The standard InChI is InChI=1S/C15H24O2/c1-10-6-7-15-11(2)4-5-12(15)14(3,16)9-17-13(15)8-10/h8,11-13,16H,4-7,9H2,1-3H3/t11-,12-,13+,14-,15+/m0/s1. The quantitative estimate of drug-likeness (QED) is 0.655. The van der Waals surface area contributed by atoms with Crippen molar-refractivity contribution in [2.75, 3.05) is 6.61 Å². The predicted molar refractivity (Wildman–Crippen MR) is 67.7 cm³/mol. The van der Waals surface area contributed by atoms with Crippen molar-refractivity contribution in [3.63, 3.8) is 0 Å². The van der Waals surface area contributed by atoms with E-state index in [1.54, 1.807) is 0 Å². The zero-order valence-corrected chi connectivity index (χ0v) is 11.2. The number of hydrogen-bond acceptors (Lipinski definition) is 2. The molecule has 17 heavy (non-hydrogen) atoms. The van der Waals surface area contributed by atoms with Crippen molar-refractivity contribution in [1.82, 2.24) is 0 Å². The Kier molecular flexibility index (Phi) is 2.47. The summed E-state index contributed by atoms with van der Waals surface area (Å²) in [7, 11) is 0. The maximum atomic E-state index is 10.6. The molecule has 96 valence electrons. The third-order valence-electron chi connectivity index (χ3n) is 5.68. The smallest absolute Gasteiger partial charge is 0.0886 e. The van der Waals surface area contributed by atoms with Gasteiger partial charge < -0.3 is 9.84 Å². The molecular weight excluding hydrogens is 212 g/mol. The highest BCUT2D eigenvalue weighted by Crippen LogP contribution is 2.61. The molecule has 3 aliphatic rings. The van der Waals surface area contributed by atoms with E-state index in [4.69, 9.17) is 4.74 Å². The normalized spacial score (nSPS) is 53.9. The molecule has 1 heterocycles. The van der Waals surface area contributed by atoms with Crippen LogP contribution in [0.1, 0.15) is 46.5 Å². The van der Waals surface area contributed by atoms with E-state index in [2.05, 4.69) is 19.9 Å². The van der Waals surface area contributed by atoms with Gasteiger partial charge in [0.05, 0.1) is 18.3 Å². The minimum absolute atomic E-state index is 0.210. The number of aliphatic hydroxyl groups is 1. The van der Waals surface area contributed by atoms with Crippen molar-refractivity contribution in [2.24, 2.45) is 17.3 Å². The molecule has 1 aliphatic heterocycles. The van der Waals surface area contributed by atoms with E-state index in [0.717, 1.165) is 0 Å². The summed E-state index contributed by atoms with van der Waals surface area (Å²) in [4.78, 5) is 0. The van der Waals surface area contributed by atoms with Crippen molar-refractivity contribution in [2.45, 2.75) is 58.2 Å². The third kappa shape index (κ3) is 1.47. The summed E-state index contributed by atoms with van der Waals surface area (Å²) >= 11 is 0. The van der Waals surface area contributed by atoms with Gasteiger partial charge in [0.15, 0.2) is 0 Å². The largest absolute Gasteiger partial charge is 0.387 e. The lowest BCUT2D eigenvalue weighted by molar-refractivity contribution is -0.209. The Hall–Kier alpha value is -0.340. The van der Waals surface area contributed by atoms with Crippen LogP contribution < -0.4 is 0 Å². The highest BCUT2D eigenvalue weighted by molar-refractivity contribution is 5.21. The molecule has 2 nitrogen and oxygen atoms in total. The van der Waals surface area contributed by atoms with Gasteiger partial charge >= 0.3 is 0 Å². The van der Waals surface area contributed by atoms with Crippen molar-refractivity contribution < 1.29 is 9.84 Å². The van der Waals surface area contributed by atoms with Crippen LogP contribution in [0.15, 0.2) is 11.6 Å². The molecule has 2 aliphatic carbocycles. The molecule has 0 unspecified atom stereocenters. The number of allylic oxidation sites excluding steroid dienone is 1. The Morgan fingerprint density at radius 1 is 1.41 bits per heavy atom. The maximum Gasteiger partial charge on any atom is 0.0886 e. The first kappa shape index (κ1) is 11.7. The van der Waals surface area contributed by atoms with E-state index >= 15 is 0 Å². The Morgan fingerprint density at radius 2 is 2.18 bits per heavy atom. The maximum absolute atomic E-state index is 10.6. The summed E-state index contributed by atoms with van der Waals surface area (Å²) in [6, 6.07) is 0. The Balaban J connectivity index is 2.05. The zero-order valence-electron chi connectivity index (χ0n) is 11.2. The van der Waals surface area contributed by atoms with Gasteiger partial charge in [0.25, 0.3) is 0 Å². The molecule has 1 saturated carbocycles. The first-order valence-electron chi connectivity index (χ1n) is 6.98. The van der Waals surface area contributed by atoms with Crippen molar-refractivity contribution in [3.8, 4) is 0 Å². The van der Waals surface area contributed by atoms with E-state index in [9.17, 15) is 5.11 Å². The zero-order chi connectivity index (χ0) is 12.3. The summed E-state index contributed by atoms with van der Waals surface area (Å²) < 4.78 is 6.02. The van der Waals surface area contributed by atoms with Crippen LogP contribution in [0.3, 0.4) is 0 Å². The fourth-order valence-electron chi connectivity index (χ4n) is 4.70. The van der Waals surface area contributed by atoms with Crippen LogP contribution in [0.4, 0.5) is 0 Å². The molecule has 0 bridgehead atoms. The average Bonchev–Trinajstić information content (AvgIpc) is 2.60. The Bertz CT molecular complexity index is 358. The molecule has 0 aromatic rings. The van der Waals surface area contributed by atoms with Crippen LogP contribution >= 0.6 is 0 Å². The number of hydrogen-bond donors (Lipinski definition) is 1. The monoisotopic (exact) mass is 236 g/mol. The molecule has 0 radical (unpaired) electrons. The van der Waals surface area contributed by atoms with Crippen molar-refractivity contribution >= 4 is 0 Å². The average molecular weight is 236 g/mol. The SMILES string of the molecule is CC1=C[C@H]2OC[C@](C)(O)[C@@H]3CC[C@H](C)[C@]32CC1. The van der Waals surface area contributed by atoms with E-state index in [1.807, 2.05) is 6.92 Å². The van der Waals surface area contributed by atoms with Gasteiger partial charge in [-0.25, -0.2) is 0 Å². The van der Waals surface area contributed by atoms with Gasteiger partial charge in [0, 0.05) is 5.41 Å². The Morgan fingerprint density at radius 3 is 2.94 bits per heavy atom. The highest BCUT2D eigenvalue weighted by atomic mass is 16.5. The van der Waals surface area contributed by atoms with Crippen LogP contribution in [0, 0.1) is 17.3 Å². The highest BCUT2D eigenvalue weighted by Gasteiger charge is 2.61. The molecule has 5 atom stereocenters. The van der Waals surface area contributed by atoms with Gasteiger partial charge in [-0.2, -0.15) is 0 Å². The molecule has 1 spiro atoms. The minimum Gasteiger partial charge on any atom is -0.387 e. The van der Waals surface area contributed by atoms with Crippen LogP contribution in [0.25, 0.3) is 0 Å². The van der Waals surface area contributed by atoms with E-state index in [0.29, 0.717) is 18.4 Å². The first-order chi connectivity index (χ1) is 7.97. The fraction of sp³-hybridized carbons (Fsp3) is 0.867. The lowest BCUT2D eigenvalue weighted by Crippen LogP contribution is -2.59. The minimum atomic E-state index is -0.625. The molecule has 0 amide bonds. The first-order valence-corrected chi connectivity index (χ1v) is 6.98. The fourth-order valence-corrected chi connectivity index (χ4v) is 4.70. The predicted octanol–water partition coefficient (Wildman–Crippen LogP) is 2.91. The van der Waals surface area contributed by atoms with E-state index in [-0.39, 0.29) is 11.5 Å². The molecule has 1 saturated heterocycles. The Labute approximate surface area is 104 Å². The summed E-state index contributed by atoms with van der Waals surface area (Å²) in [5, 5.41) is 10.6. The van der Waals surface area contributed by atoms with Crippen LogP contribution in [-0.4, -0.2) is 23.4 Å². The third-order valence-corrected chi connectivity index (χ3v) is 5.68. The van der Waals surface area contributed by atoms with Gasteiger partial charge in [-0.3, -0.25) is 0 Å². The topological polar surface area (TPSA) is 29.5 Å². The van der Waals surface area contributed by atoms with Gasteiger partial charge in [-0.1, -0.05) is 18.6 Å². The molecule has 0 aromatic carbocycles. The second-order valence-corrected chi connectivity index (χ2v) is 6.75. The molecule has 3 rings (SSSR count). The van der Waals surface area contributed by atoms with Gasteiger partial charge in [-0.05, 0) is 51.4 Å². The van der Waals surface area contributed by atoms with E-state index in [1.165, 1.54) is 31.3 Å². The second-order valence-electron chi connectivity index (χ2n) is 6.75. The lowest BCUT2D eigenvalue weighted by atomic mass is 9.57. The molecular formula is C15H24O2. The lowest BCUT2D eigenvalue weighted by Gasteiger charge is -2.55. The van der Waals surface area contributed by atoms with Gasteiger partial charge in [0.1, 0.15) is 0 Å². The number of rotatable bonds is 0. The van der Waals surface area contributed by atoms with Gasteiger partial charge in [0.2, 0.25) is 0 Å². The summed E-state index contributed by atoms with van der Waals surface area (Å²) in [6.45, 7) is 7.03. The summed E-state index contributed by atoms with van der Waals surface area (Å²) in [5.41, 5.74) is 1.04. The molecule has 1 N–H and O–H groups in total. The number of ether oxygens (including phenoxy) is 1.